The summed E-state index contributed by atoms with van der Waals surface area (Å²) in [5, 5.41) is 11.6. The molecule has 1 unspecified atom stereocenters. The summed E-state index contributed by atoms with van der Waals surface area (Å²) in [5.74, 6) is -1.32. The summed E-state index contributed by atoms with van der Waals surface area (Å²) in [6.07, 6.45) is 0.563. The molecule has 2 amide bonds. The van der Waals surface area contributed by atoms with E-state index in [1.54, 1.807) is 25.7 Å². The minimum atomic E-state index is -1.06. The Labute approximate surface area is 136 Å². The first-order chi connectivity index (χ1) is 10.7. The smallest absolute Gasteiger partial charge is 0.410 e. The van der Waals surface area contributed by atoms with E-state index in [-0.39, 0.29) is 17.9 Å². The van der Waals surface area contributed by atoms with E-state index in [1.807, 2.05) is 0 Å². The molecule has 8 nitrogen and oxygen atoms in total. The molecule has 1 heterocycles. The molecule has 0 bridgehead atoms. The molecule has 1 fully saturated rings. The van der Waals surface area contributed by atoms with Gasteiger partial charge in [0, 0.05) is 19.0 Å². The van der Waals surface area contributed by atoms with Crippen LogP contribution >= 0.6 is 0 Å². The van der Waals surface area contributed by atoms with Crippen molar-refractivity contribution in [3.8, 4) is 0 Å². The van der Waals surface area contributed by atoms with Gasteiger partial charge in [0.25, 0.3) is 0 Å². The summed E-state index contributed by atoms with van der Waals surface area (Å²) >= 11 is 0. The van der Waals surface area contributed by atoms with Gasteiger partial charge >= 0.3 is 12.1 Å². The Hall–Kier alpha value is -1.83. The first-order valence-electron chi connectivity index (χ1n) is 7.65. The van der Waals surface area contributed by atoms with E-state index < -0.39 is 24.2 Å². The van der Waals surface area contributed by atoms with E-state index >= 15 is 0 Å². The number of ether oxygens (including phenoxy) is 2. The Bertz CT molecular complexity index is 438. The van der Waals surface area contributed by atoms with Gasteiger partial charge in [0.05, 0.1) is 13.7 Å². The average Bonchev–Trinajstić information content (AvgIpc) is 2.50. The number of nitrogens with one attached hydrogen (secondary N) is 1. The van der Waals surface area contributed by atoms with Crippen LogP contribution in [0.25, 0.3) is 0 Å². The fraction of sp³-hybridized carbons (Fsp3) is 0.800. The van der Waals surface area contributed by atoms with Crippen molar-refractivity contribution in [2.24, 2.45) is 5.92 Å². The lowest BCUT2D eigenvalue weighted by Gasteiger charge is -2.33. The monoisotopic (exact) mass is 330 g/mol. The van der Waals surface area contributed by atoms with Crippen LogP contribution in [0.3, 0.4) is 0 Å². The average molecular weight is 330 g/mol. The molecule has 0 aliphatic carbocycles. The summed E-state index contributed by atoms with van der Waals surface area (Å²) < 4.78 is 9.80. The number of likely N-dealkylation sites (tertiary alicyclic amines) is 1. The van der Waals surface area contributed by atoms with Gasteiger partial charge in [-0.25, -0.2) is 9.59 Å². The maximum absolute atomic E-state index is 12.1. The number of methoxy groups -OCH3 is 1. The van der Waals surface area contributed by atoms with Gasteiger partial charge in [-0.15, -0.1) is 0 Å². The normalized spacial score (nSPS) is 17.3. The van der Waals surface area contributed by atoms with Crippen LogP contribution in [-0.2, 0) is 19.1 Å². The predicted octanol–water partition coefficient (Wildman–Crippen LogP) is 0.284. The highest BCUT2D eigenvalue weighted by Crippen LogP contribution is 2.20. The molecule has 0 aromatic heterocycles. The van der Waals surface area contributed by atoms with E-state index in [2.05, 4.69) is 10.1 Å². The quantitative estimate of drug-likeness (QED) is 0.718. The number of aliphatic hydroxyl groups excluding tert-OH is 1. The van der Waals surface area contributed by atoms with Gasteiger partial charge in [-0.1, -0.05) is 0 Å². The van der Waals surface area contributed by atoms with Crippen LogP contribution < -0.4 is 5.32 Å². The van der Waals surface area contributed by atoms with Crippen LogP contribution in [0.1, 0.15) is 33.6 Å². The second-order valence-electron chi connectivity index (χ2n) is 6.51. The van der Waals surface area contributed by atoms with E-state index in [0.717, 1.165) is 0 Å². The molecule has 8 heteroatoms. The van der Waals surface area contributed by atoms with Gasteiger partial charge < -0.3 is 24.8 Å². The van der Waals surface area contributed by atoms with Crippen molar-refractivity contribution < 1.29 is 29.0 Å². The highest BCUT2D eigenvalue weighted by Gasteiger charge is 2.31. The molecule has 1 atom stereocenters. The van der Waals surface area contributed by atoms with Gasteiger partial charge in [-0.3, -0.25) is 4.79 Å². The Morgan fingerprint density at radius 1 is 1.26 bits per heavy atom. The van der Waals surface area contributed by atoms with E-state index in [1.165, 1.54) is 7.11 Å². The van der Waals surface area contributed by atoms with Gasteiger partial charge in [-0.2, -0.15) is 0 Å². The highest BCUT2D eigenvalue weighted by molar-refractivity contribution is 5.86. The van der Waals surface area contributed by atoms with Crippen LogP contribution in [0.5, 0.6) is 0 Å². The Morgan fingerprint density at radius 2 is 1.83 bits per heavy atom. The summed E-state index contributed by atoms with van der Waals surface area (Å²) in [6.45, 7) is 5.70. The number of esters is 1. The molecule has 1 aliphatic heterocycles. The van der Waals surface area contributed by atoms with E-state index in [4.69, 9.17) is 9.84 Å². The maximum atomic E-state index is 12.1. The summed E-state index contributed by atoms with van der Waals surface area (Å²) in [5.41, 5.74) is -0.555. The van der Waals surface area contributed by atoms with E-state index in [0.29, 0.717) is 25.9 Å². The van der Waals surface area contributed by atoms with Crippen LogP contribution in [0, 0.1) is 5.92 Å². The topological polar surface area (TPSA) is 105 Å². The zero-order valence-corrected chi connectivity index (χ0v) is 14.1. The zero-order valence-electron chi connectivity index (χ0n) is 14.1. The van der Waals surface area contributed by atoms with Crippen molar-refractivity contribution in [1.82, 2.24) is 10.2 Å². The first-order valence-corrected chi connectivity index (χ1v) is 7.65. The molecule has 0 aromatic rings. The highest BCUT2D eigenvalue weighted by atomic mass is 16.6. The molecule has 0 aromatic carbocycles. The number of rotatable bonds is 4. The van der Waals surface area contributed by atoms with Crippen molar-refractivity contribution >= 4 is 18.0 Å². The standard InChI is InChI=1S/C15H26N2O6/c1-15(2,3)23-14(21)17-7-5-10(6-8-17)12(19)16-11(9-18)13(20)22-4/h10-11,18H,5-9H2,1-4H3,(H,16,19). The number of hydrogen-bond acceptors (Lipinski definition) is 6. The predicted molar refractivity (Wildman–Crippen MR) is 81.6 cm³/mol. The molecule has 0 radical (unpaired) electrons. The summed E-state index contributed by atoms with van der Waals surface area (Å²) in [6, 6.07) is -1.06. The number of carbonyl (C=O) groups is 3. The molecular weight excluding hydrogens is 304 g/mol. The Balaban J connectivity index is 2.48. The number of hydrogen-bond donors (Lipinski definition) is 2. The van der Waals surface area contributed by atoms with Gasteiger partial charge in [0.1, 0.15) is 5.60 Å². The SMILES string of the molecule is COC(=O)C(CO)NC(=O)C1CCN(C(=O)OC(C)(C)C)CC1. The summed E-state index contributed by atoms with van der Waals surface area (Å²) in [4.78, 5) is 37.0. The van der Waals surface area contributed by atoms with Crippen LogP contribution in [0.4, 0.5) is 4.79 Å². The third-order valence-electron chi connectivity index (χ3n) is 3.50. The minimum absolute atomic E-state index is 0.313. The molecule has 132 valence electrons. The molecule has 23 heavy (non-hydrogen) atoms. The minimum Gasteiger partial charge on any atom is -0.467 e. The second-order valence-corrected chi connectivity index (χ2v) is 6.51. The molecular formula is C15H26N2O6. The Morgan fingerprint density at radius 3 is 2.26 bits per heavy atom. The fourth-order valence-electron chi connectivity index (χ4n) is 2.26. The molecule has 0 saturated carbocycles. The number of amides is 2. The van der Waals surface area contributed by atoms with Crippen LogP contribution in [0.2, 0.25) is 0 Å². The lowest BCUT2D eigenvalue weighted by atomic mass is 9.96. The molecule has 1 saturated heterocycles. The van der Waals surface area contributed by atoms with Gasteiger partial charge in [0.2, 0.25) is 5.91 Å². The third-order valence-corrected chi connectivity index (χ3v) is 3.50. The van der Waals surface area contributed by atoms with Crippen molar-refractivity contribution in [3.05, 3.63) is 0 Å². The maximum Gasteiger partial charge on any atom is 0.410 e. The largest absolute Gasteiger partial charge is 0.467 e. The van der Waals surface area contributed by atoms with E-state index in [9.17, 15) is 14.4 Å². The lowest BCUT2D eigenvalue weighted by Crippen LogP contribution is -2.49. The molecule has 1 aliphatic rings. The number of piperidine rings is 1. The van der Waals surface area contributed by atoms with Gasteiger partial charge in [-0.05, 0) is 33.6 Å². The van der Waals surface area contributed by atoms with Crippen molar-refractivity contribution in [1.29, 1.82) is 0 Å². The zero-order chi connectivity index (χ0) is 17.6. The van der Waals surface area contributed by atoms with Crippen molar-refractivity contribution in [2.75, 3.05) is 26.8 Å². The molecule has 2 N–H and O–H groups in total. The van der Waals surface area contributed by atoms with Gasteiger partial charge in [0.15, 0.2) is 6.04 Å². The fourth-order valence-corrected chi connectivity index (χ4v) is 2.26. The molecule has 0 spiro atoms. The lowest BCUT2D eigenvalue weighted by molar-refractivity contribution is -0.146. The molecule has 1 rings (SSSR count). The van der Waals surface area contributed by atoms with Crippen LogP contribution in [0.15, 0.2) is 0 Å². The Kier molecular flexibility index (Phi) is 6.80. The first kappa shape index (κ1) is 19.2. The summed E-state index contributed by atoms with van der Waals surface area (Å²) in [7, 11) is 1.19. The van der Waals surface area contributed by atoms with Crippen molar-refractivity contribution in [2.45, 2.75) is 45.3 Å². The number of nitrogens with zero attached hydrogens (tertiary/aromatic N) is 1. The number of carbonyl (C=O) groups excluding carboxylic acids is 3. The van der Waals surface area contributed by atoms with Crippen molar-refractivity contribution in [3.63, 3.8) is 0 Å². The second kappa shape index (κ2) is 8.14. The van der Waals surface area contributed by atoms with Crippen LogP contribution in [-0.4, -0.2) is 66.4 Å². The third kappa shape index (κ3) is 6.05. The number of aliphatic hydroxyl groups is 1.